The minimum Gasteiger partial charge on any atom is -1.00 e. The molecule has 0 aromatic carbocycles. The molecule has 82 valence electrons. The fourth-order valence-corrected chi connectivity index (χ4v) is 0.827. The molecule has 0 spiro atoms. The van der Waals surface area contributed by atoms with E-state index in [9.17, 15) is 13.2 Å². The second-order valence-electron chi connectivity index (χ2n) is 2.63. The van der Waals surface area contributed by atoms with Crippen molar-refractivity contribution >= 4 is 0 Å². The lowest BCUT2D eigenvalue weighted by Gasteiger charge is -1.94. The Hall–Kier alpha value is -0.330. The summed E-state index contributed by atoms with van der Waals surface area (Å²) in [4.78, 5) is 0. The molecule has 5 heteroatoms. The van der Waals surface area contributed by atoms with Crippen molar-refractivity contribution in [2.45, 2.75) is 20.5 Å². The molecule has 1 nitrogen and oxygen atoms in total. The highest BCUT2D eigenvalue weighted by Gasteiger charge is 1.99. The maximum Gasteiger partial charge on any atom is 0.379 e. The Balaban J connectivity index is 0. The summed E-state index contributed by atoms with van der Waals surface area (Å²) in [5.74, 6) is 0. The summed E-state index contributed by atoms with van der Waals surface area (Å²) in [6, 6.07) is 4.18. The fourth-order valence-electron chi connectivity index (χ4n) is 0.827. The Labute approximate surface area is 99.0 Å². The lowest BCUT2D eigenvalue weighted by Crippen LogP contribution is -3.00. The van der Waals surface area contributed by atoms with Crippen molar-refractivity contribution in [3.63, 3.8) is 0 Å². The van der Waals surface area contributed by atoms with Crippen LogP contribution in [0.4, 0.5) is 13.2 Å². The Morgan fingerprint density at radius 2 is 1.64 bits per heavy atom. The summed E-state index contributed by atoms with van der Waals surface area (Å²) in [5, 5.41) is 0. The Kier molecular flexibility index (Phi) is 9.23. The van der Waals surface area contributed by atoms with Crippen LogP contribution in [0.3, 0.4) is 0 Å². The zero-order chi connectivity index (χ0) is 10.4. The van der Waals surface area contributed by atoms with Crippen LogP contribution in [0.2, 0.25) is 0 Å². The molecule has 0 aliphatic rings. The van der Waals surface area contributed by atoms with Crippen LogP contribution in [0.15, 0.2) is 18.3 Å². The summed E-state index contributed by atoms with van der Waals surface area (Å²) < 4.78 is 31.1. The molecule has 0 aliphatic heterocycles. The summed E-state index contributed by atoms with van der Waals surface area (Å²) >= 11 is 0. The molecule has 0 amide bonds. The average molecular weight is 319 g/mol. The number of pyridine rings is 1. The number of aromatic nitrogens is 1. The van der Waals surface area contributed by atoms with Gasteiger partial charge in [-0.25, -0.2) is 4.57 Å². The zero-order valence-corrected chi connectivity index (χ0v) is 10.4. The van der Waals surface area contributed by atoms with Crippen LogP contribution in [-0.4, -0.2) is 6.68 Å². The van der Waals surface area contributed by atoms with Gasteiger partial charge in [0.2, 0.25) is 0 Å². The maximum atomic E-state index is 9.67. The first-order valence-corrected chi connectivity index (χ1v) is 3.79. The van der Waals surface area contributed by atoms with Crippen LogP contribution in [0, 0.1) is 13.8 Å². The first-order chi connectivity index (χ1) is 5.95. The second-order valence-corrected chi connectivity index (χ2v) is 2.63. The van der Waals surface area contributed by atoms with E-state index in [4.69, 9.17) is 0 Å². The van der Waals surface area contributed by atoms with Crippen LogP contribution in [-0.2, 0) is 7.05 Å². The lowest BCUT2D eigenvalue weighted by molar-refractivity contribution is -0.678. The van der Waals surface area contributed by atoms with Crippen molar-refractivity contribution in [1.29, 1.82) is 0 Å². The van der Waals surface area contributed by atoms with Gasteiger partial charge in [0.25, 0.3) is 0 Å². The predicted octanol–water partition coefficient (Wildman–Crippen LogP) is -0.690. The molecule has 1 aromatic rings. The molecule has 0 fully saturated rings. The normalized spacial score (nSPS) is 8.79. The smallest absolute Gasteiger partial charge is 0.379 e. The van der Waals surface area contributed by atoms with E-state index in [-0.39, 0.29) is 24.0 Å². The van der Waals surface area contributed by atoms with Crippen molar-refractivity contribution < 1.29 is 41.7 Å². The molecule has 0 unspecified atom stereocenters. The largest absolute Gasteiger partial charge is 1.00 e. The molecular formula is C9H13F3IN. The van der Waals surface area contributed by atoms with Crippen LogP contribution in [0.25, 0.3) is 0 Å². The predicted molar refractivity (Wildman–Crippen MR) is 44.2 cm³/mol. The van der Waals surface area contributed by atoms with Crippen LogP contribution >= 0.6 is 0 Å². The molecule has 0 N–H and O–H groups in total. The van der Waals surface area contributed by atoms with Gasteiger partial charge >= 0.3 is 6.68 Å². The van der Waals surface area contributed by atoms with E-state index in [1.807, 2.05) is 0 Å². The highest BCUT2D eigenvalue weighted by Crippen LogP contribution is 1.96. The van der Waals surface area contributed by atoms with Gasteiger partial charge in [0, 0.05) is 18.6 Å². The summed E-state index contributed by atoms with van der Waals surface area (Å²) in [7, 11) is 2.06. The third kappa shape index (κ3) is 7.11. The minimum absolute atomic E-state index is 0. The Bertz CT molecular complexity index is 243. The summed E-state index contributed by atoms with van der Waals surface area (Å²) in [6.45, 7) is 0.574. The monoisotopic (exact) mass is 319 g/mol. The van der Waals surface area contributed by atoms with Crippen molar-refractivity contribution in [1.82, 2.24) is 0 Å². The van der Waals surface area contributed by atoms with E-state index in [1.54, 1.807) is 0 Å². The third-order valence-electron chi connectivity index (χ3n) is 1.76. The molecule has 0 saturated carbocycles. The molecule has 0 aliphatic carbocycles. The van der Waals surface area contributed by atoms with Gasteiger partial charge in [-0.15, -0.1) is 0 Å². The molecule has 0 bridgehead atoms. The maximum absolute atomic E-state index is 9.67. The van der Waals surface area contributed by atoms with Gasteiger partial charge in [-0.1, -0.05) is 0 Å². The molecule has 0 radical (unpaired) electrons. The lowest BCUT2D eigenvalue weighted by atomic mass is 10.2. The topological polar surface area (TPSA) is 3.88 Å². The van der Waals surface area contributed by atoms with Crippen molar-refractivity contribution in [2.75, 3.05) is 0 Å². The van der Waals surface area contributed by atoms with E-state index in [0.29, 0.717) is 0 Å². The van der Waals surface area contributed by atoms with Gasteiger partial charge < -0.3 is 24.0 Å². The molecule has 0 saturated heterocycles. The van der Waals surface area contributed by atoms with Gasteiger partial charge in [-0.05, 0) is 13.0 Å². The van der Waals surface area contributed by atoms with Crippen LogP contribution < -0.4 is 28.5 Å². The van der Waals surface area contributed by atoms with Gasteiger partial charge in [0.15, 0.2) is 11.9 Å². The zero-order valence-electron chi connectivity index (χ0n) is 8.27. The summed E-state index contributed by atoms with van der Waals surface area (Å²) in [6.07, 6.45) is 2.06. The number of rotatable bonds is 0. The number of alkyl halides is 3. The minimum atomic E-state index is -3.67. The summed E-state index contributed by atoms with van der Waals surface area (Å²) in [5.41, 5.74) is 2.68. The van der Waals surface area contributed by atoms with E-state index in [2.05, 4.69) is 43.8 Å². The van der Waals surface area contributed by atoms with E-state index >= 15 is 0 Å². The van der Waals surface area contributed by atoms with E-state index in [0.717, 1.165) is 0 Å². The molecule has 0 atom stereocenters. The number of aryl methyl sites for hydroxylation is 2. The van der Waals surface area contributed by atoms with Crippen molar-refractivity contribution in [3.8, 4) is 0 Å². The first kappa shape index (κ1) is 16.1. The van der Waals surface area contributed by atoms with Crippen molar-refractivity contribution in [3.05, 3.63) is 29.6 Å². The Morgan fingerprint density at radius 3 is 1.93 bits per heavy atom. The molecule has 14 heavy (non-hydrogen) atoms. The van der Waals surface area contributed by atoms with Gasteiger partial charge in [0.1, 0.15) is 7.05 Å². The number of halogens is 4. The molecular weight excluding hydrogens is 306 g/mol. The fraction of sp³-hybridized carbons (Fsp3) is 0.444. The Morgan fingerprint density at radius 1 is 1.21 bits per heavy atom. The molecule has 1 rings (SSSR count). The third-order valence-corrected chi connectivity index (χ3v) is 1.76. The quantitative estimate of drug-likeness (QED) is 0.440. The van der Waals surface area contributed by atoms with Crippen LogP contribution in [0.5, 0.6) is 0 Å². The highest BCUT2D eigenvalue weighted by atomic mass is 127. The van der Waals surface area contributed by atoms with Gasteiger partial charge in [-0.3, -0.25) is 0 Å². The highest BCUT2D eigenvalue weighted by molar-refractivity contribution is 5.10. The van der Waals surface area contributed by atoms with E-state index < -0.39 is 6.68 Å². The standard InChI is InChI=1S/C8H12N.CHF3.HI/c1-7-5-4-6-9(3)8(7)2;2-1(3)4;/h4-6H,1-3H3;1H;1H/q+1;;/p-1. The number of nitrogens with zero attached hydrogens (tertiary/aromatic N) is 1. The van der Waals surface area contributed by atoms with Gasteiger partial charge in [0.05, 0.1) is 0 Å². The van der Waals surface area contributed by atoms with Crippen LogP contribution in [0.1, 0.15) is 11.3 Å². The number of hydrogen-bond donors (Lipinski definition) is 0. The average Bonchev–Trinajstić information content (AvgIpc) is 1.99. The second kappa shape index (κ2) is 8.02. The molecule has 1 heterocycles. The SMILES string of the molecule is Cc1ccc[n+](C)c1C.FC(F)F.[I-]. The first-order valence-electron chi connectivity index (χ1n) is 3.79. The molecule has 1 aromatic heterocycles. The van der Waals surface area contributed by atoms with E-state index in [1.165, 1.54) is 11.3 Å². The van der Waals surface area contributed by atoms with Gasteiger partial charge in [-0.2, -0.15) is 13.2 Å². The van der Waals surface area contributed by atoms with Crippen molar-refractivity contribution in [2.24, 2.45) is 7.05 Å². The number of hydrogen-bond acceptors (Lipinski definition) is 0.